The van der Waals surface area contributed by atoms with Crippen molar-refractivity contribution in [3.63, 3.8) is 0 Å². The Hall–Kier alpha value is -4.91. The zero-order valence-corrected chi connectivity index (χ0v) is 26.8. The normalized spacial score (nSPS) is 17.1. The number of benzene rings is 5. The van der Waals surface area contributed by atoms with Gasteiger partial charge in [0.25, 0.3) is 5.91 Å². The van der Waals surface area contributed by atoms with Gasteiger partial charge < -0.3 is 19.9 Å². The average Bonchev–Trinajstić information content (AvgIpc) is 3.50. The van der Waals surface area contributed by atoms with Crippen LogP contribution >= 0.6 is 11.6 Å². The Balaban J connectivity index is 1.36. The van der Waals surface area contributed by atoms with Gasteiger partial charge in [0.1, 0.15) is 5.75 Å². The van der Waals surface area contributed by atoms with Gasteiger partial charge in [-0.3, -0.25) is 4.79 Å². The summed E-state index contributed by atoms with van der Waals surface area (Å²) in [7, 11) is 0. The zero-order valence-electron chi connectivity index (χ0n) is 26.0. The van der Waals surface area contributed by atoms with Crippen LogP contribution in [-0.2, 0) is 22.4 Å². The van der Waals surface area contributed by atoms with E-state index in [2.05, 4.69) is 29.6 Å². The lowest BCUT2D eigenvalue weighted by molar-refractivity contribution is -0.128. The Morgan fingerprint density at radius 3 is 2.11 bits per heavy atom. The number of aliphatic imine (C=N–C) groups is 1. The van der Waals surface area contributed by atoms with Gasteiger partial charge in [0.05, 0.1) is 6.61 Å². The molecule has 238 valence electrons. The third-order valence-electron chi connectivity index (χ3n) is 8.28. The van der Waals surface area contributed by atoms with E-state index in [0.29, 0.717) is 49.1 Å². The van der Waals surface area contributed by atoms with Gasteiger partial charge in [-0.1, -0.05) is 109 Å². The summed E-state index contributed by atoms with van der Waals surface area (Å²) in [6.45, 7) is 0.924. The van der Waals surface area contributed by atoms with Crippen LogP contribution < -0.4 is 10.1 Å². The number of carbonyl (C=O) groups is 1. The van der Waals surface area contributed by atoms with Crippen LogP contribution in [0.15, 0.2) is 138 Å². The second-order valence-electron chi connectivity index (χ2n) is 11.6. The lowest BCUT2D eigenvalue weighted by atomic mass is 9.81. The van der Waals surface area contributed by atoms with Crippen molar-refractivity contribution in [3.8, 4) is 16.9 Å². The van der Waals surface area contributed by atoms with Gasteiger partial charge in [-0.15, -0.1) is 0 Å². The van der Waals surface area contributed by atoms with Gasteiger partial charge in [-0.05, 0) is 70.6 Å². The highest BCUT2D eigenvalue weighted by atomic mass is 35.5. The Morgan fingerprint density at radius 2 is 1.43 bits per heavy atom. The quantitative estimate of drug-likeness (QED) is 0.129. The van der Waals surface area contributed by atoms with E-state index in [1.54, 1.807) is 0 Å². The number of nitrogens with zero attached hydrogens (tertiary/aromatic N) is 1. The minimum absolute atomic E-state index is 0.0711. The maximum Gasteiger partial charge on any atom is 0.252 e. The van der Waals surface area contributed by atoms with Crippen molar-refractivity contribution >= 4 is 23.4 Å². The van der Waals surface area contributed by atoms with E-state index in [9.17, 15) is 4.79 Å². The Morgan fingerprint density at radius 1 is 0.787 bits per heavy atom. The molecule has 0 aliphatic carbocycles. The molecule has 5 aromatic rings. The first kappa shape index (κ1) is 32.0. The molecule has 0 radical (unpaired) electrons. The third-order valence-corrected chi connectivity index (χ3v) is 8.53. The van der Waals surface area contributed by atoms with Gasteiger partial charge >= 0.3 is 0 Å². The lowest BCUT2D eigenvalue weighted by Gasteiger charge is -2.31. The van der Waals surface area contributed by atoms with Crippen molar-refractivity contribution < 1.29 is 19.4 Å². The van der Waals surface area contributed by atoms with Gasteiger partial charge in [0.15, 0.2) is 11.6 Å². The number of aliphatic hydroxyl groups is 1. The van der Waals surface area contributed by atoms with E-state index in [1.807, 2.05) is 109 Å². The molecule has 1 aliphatic heterocycles. The molecular formula is C40H37ClN2O4. The first-order chi connectivity index (χ1) is 23.0. The molecule has 0 bridgehead atoms. The number of carbonyl (C=O) groups excluding carboxylic acids is 1. The van der Waals surface area contributed by atoms with Gasteiger partial charge in [0.2, 0.25) is 5.90 Å². The fraction of sp³-hybridized carbons (Fsp3) is 0.200. The predicted molar refractivity (Wildman–Crippen MR) is 187 cm³/mol. The number of halogens is 1. The maximum absolute atomic E-state index is 14.5. The molecule has 1 aliphatic rings. The minimum Gasteiger partial charge on any atom is -0.494 e. The smallest absolute Gasteiger partial charge is 0.252 e. The van der Waals surface area contributed by atoms with Crippen LogP contribution in [0.4, 0.5) is 0 Å². The van der Waals surface area contributed by atoms with Crippen LogP contribution in [-0.4, -0.2) is 42.2 Å². The molecule has 1 amide bonds. The van der Waals surface area contributed by atoms with Crippen molar-refractivity contribution in [2.24, 2.45) is 4.99 Å². The summed E-state index contributed by atoms with van der Waals surface area (Å²) in [5.74, 6) is 0.878. The average molecular weight is 645 g/mol. The van der Waals surface area contributed by atoms with Crippen molar-refractivity contribution in [2.75, 3.05) is 19.8 Å². The lowest BCUT2D eigenvalue weighted by Crippen LogP contribution is -2.50. The summed E-state index contributed by atoms with van der Waals surface area (Å²) >= 11 is 6.08. The molecule has 0 spiro atoms. The maximum atomic E-state index is 14.5. The number of hydrogen-bond donors (Lipinski definition) is 2. The highest BCUT2D eigenvalue weighted by molar-refractivity contribution is 6.30. The molecule has 7 heteroatoms. The number of ether oxygens (including phenoxy) is 2. The van der Waals surface area contributed by atoms with Gasteiger partial charge in [-0.25, -0.2) is 4.99 Å². The largest absolute Gasteiger partial charge is 0.494 e. The van der Waals surface area contributed by atoms with Crippen LogP contribution in [0.2, 0.25) is 5.02 Å². The van der Waals surface area contributed by atoms with E-state index < -0.39 is 11.6 Å². The standard InChI is InChI=1S/C40H37ClN2O4/c41-35-20-12-29(13-21-35)24-25-42-39(45)40(28-30-8-3-1-4-9-30)37(33-16-14-32(15-17-33)31-10-5-2-6-11-31)47-38(43-40)34-18-22-36(23-19-34)46-27-7-26-44/h1-6,8-23,37,44H,7,24-28H2,(H,42,45)/t37-,40-/m1/s1. The summed E-state index contributed by atoms with van der Waals surface area (Å²) in [5.41, 5.74) is 4.57. The highest BCUT2D eigenvalue weighted by Gasteiger charge is 2.53. The van der Waals surface area contributed by atoms with Crippen molar-refractivity contribution in [3.05, 3.63) is 161 Å². The molecule has 0 saturated heterocycles. The molecule has 0 unspecified atom stereocenters. The van der Waals surface area contributed by atoms with Crippen LogP contribution in [0.1, 0.15) is 34.8 Å². The van der Waals surface area contributed by atoms with Crippen molar-refractivity contribution in [1.29, 1.82) is 0 Å². The summed E-state index contributed by atoms with van der Waals surface area (Å²) < 4.78 is 12.4. The van der Waals surface area contributed by atoms with Crippen LogP contribution in [0.5, 0.6) is 5.75 Å². The Labute approximate surface area is 280 Å². The van der Waals surface area contributed by atoms with E-state index in [4.69, 9.17) is 31.2 Å². The summed E-state index contributed by atoms with van der Waals surface area (Å²) in [4.78, 5) is 19.7. The molecular weight excluding hydrogens is 608 g/mol. The molecule has 47 heavy (non-hydrogen) atoms. The first-order valence-corrected chi connectivity index (χ1v) is 16.2. The summed E-state index contributed by atoms with van der Waals surface area (Å²) in [6.07, 6.45) is 0.865. The van der Waals surface area contributed by atoms with Crippen LogP contribution in [0.25, 0.3) is 11.1 Å². The highest BCUT2D eigenvalue weighted by Crippen LogP contribution is 2.43. The monoisotopic (exact) mass is 644 g/mol. The molecule has 2 N–H and O–H groups in total. The zero-order chi connectivity index (χ0) is 32.5. The molecule has 2 atom stereocenters. The molecule has 0 saturated carbocycles. The van der Waals surface area contributed by atoms with E-state index in [-0.39, 0.29) is 12.5 Å². The fourth-order valence-corrected chi connectivity index (χ4v) is 5.92. The number of nitrogens with one attached hydrogen (secondary N) is 1. The summed E-state index contributed by atoms with van der Waals surface area (Å²) in [5, 5.41) is 13.0. The topological polar surface area (TPSA) is 80.2 Å². The fourth-order valence-electron chi connectivity index (χ4n) is 5.79. The van der Waals surface area contributed by atoms with E-state index >= 15 is 0 Å². The van der Waals surface area contributed by atoms with Crippen LogP contribution in [0.3, 0.4) is 0 Å². The molecule has 0 aromatic heterocycles. The number of amides is 1. The predicted octanol–water partition coefficient (Wildman–Crippen LogP) is 7.63. The molecule has 0 fully saturated rings. The second-order valence-corrected chi connectivity index (χ2v) is 12.0. The minimum atomic E-state index is -1.28. The van der Waals surface area contributed by atoms with E-state index in [1.165, 1.54) is 0 Å². The Kier molecular flexibility index (Phi) is 10.3. The van der Waals surface area contributed by atoms with Crippen molar-refractivity contribution in [1.82, 2.24) is 5.32 Å². The van der Waals surface area contributed by atoms with Gasteiger partial charge in [0, 0.05) is 36.6 Å². The van der Waals surface area contributed by atoms with Gasteiger partial charge in [-0.2, -0.15) is 0 Å². The number of hydrogen-bond acceptors (Lipinski definition) is 5. The van der Waals surface area contributed by atoms with Crippen molar-refractivity contribution in [2.45, 2.75) is 30.9 Å². The molecule has 1 heterocycles. The molecule has 6 rings (SSSR count). The van der Waals surface area contributed by atoms with E-state index in [0.717, 1.165) is 33.4 Å². The first-order valence-electron chi connectivity index (χ1n) is 15.9. The molecule has 6 nitrogen and oxygen atoms in total. The SMILES string of the molecule is O=C(NCCc1ccc(Cl)cc1)[C@]1(Cc2ccccc2)N=C(c2ccc(OCCCO)cc2)O[C@@H]1c1ccc(-c2ccccc2)cc1. The van der Waals surface area contributed by atoms with Crippen LogP contribution in [0, 0.1) is 0 Å². The Bertz CT molecular complexity index is 1780. The third kappa shape index (κ3) is 7.74. The number of aliphatic hydroxyl groups excluding tert-OH is 1. The summed E-state index contributed by atoms with van der Waals surface area (Å²) in [6, 6.07) is 43.5. The number of rotatable bonds is 13. The molecule has 5 aromatic carbocycles. The second kappa shape index (κ2) is 15.1.